The highest BCUT2D eigenvalue weighted by atomic mass is 16.2. The van der Waals surface area contributed by atoms with Gasteiger partial charge in [-0.25, -0.2) is 0 Å². The quantitative estimate of drug-likeness (QED) is 0.0286. The minimum atomic E-state index is -1.06. The van der Waals surface area contributed by atoms with Gasteiger partial charge in [0.2, 0.25) is 35.4 Å². The summed E-state index contributed by atoms with van der Waals surface area (Å²) in [7, 11) is 1.75. The SMILES string of the molecule is CN[C@H](CC1CCCCC1)C(=O)NC(CCc1ccccc1)C(=O)NC(CCCNC(=N)N)C(=O)NCCC[C@H](NC(=O)[C@H](Cc1ccccc1)NC(C)=O)C(=O)N1CCCC1C=O. The standard InChI is InChI=1S/C47H70N10O7/c1-32(59)53-41(30-35-19-10-5-11-20-35)45(63)56-39(46(64)57-28-14-21-36(57)31-58)23-13-26-51-42(60)37(22-12-27-52-47(48)49)54-43(61)38(25-24-33-15-6-3-7-16-33)55-44(62)40(50-2)29-34-17-8-4-9-18-34/h3,5-7,10-11,15-16,19-20,31,34,36-41,50H,4,8-9,12-14,17-18,21-30H2,1-2H3,(H,51,60)(H,53,59)(H,54,61)(H,55,62)(H,56,63)(H4,48,49,52)/t36?,37?,38?,39-,40+,41-/m0/s1. The lowest BCUT2D eigenvalue weighted by atomic mass is 9.84. The van der Waals surface area contributed by atoms with Gasteiger partial charge in [-0.3, -0.25) is 34.2 Å². The van der Waals surface area contributed by atoms with E-state index in [1.54, 1.807) is 7.05 Å². The van der Waals surface area contributed by atoms with Crippen LogP contribution in [-0.4, -0.2) is 116 Å². The Morgan fingerprint density at radius 1 is 0.688 bits per heavy atom. The third-order valence-electron chi connectivity index (χ3n) is 12.1. The Balaban J connectivity index is 1.46. The Morgan fingerprint density at radius 3 is 1.86 bits per heavy atom. The van der Waals surface area contributed by atoms with Crippen LogP contribution in [-0.2, 0) is 46.4 Å². The van der Waals surface area contributed by atoms with Crippen LogP contribution in [0.3, 0.4) is 0 Å². The lowest BCUT2D eigenvalue weighted by molar-refractivity contribution is -0.139. The largest absolute Gasteiger partial charge is 0.370 e. The van der Waals surface area contributed by atoms with E-state index >= 15 is 0 Å². The predicted molar refractivity (Wildman–Crippen MR) is 245 cm³/mol. The van der Waals surface area contributed by atoms with Crippen LogP contribution >= 0.6 is 0 Å². The van der Waals surface area contributed by atoms with Crippen molar-refractivity contribution in [1.29, 1.82) is 5.41 Å². The van der Waals surface area contributed by atoms with E-state index in [1.165, 1.54) is 18.2 Å². The molecule has 17 heteroatoms. The molecule has 10 N–H and O–H groups in total. The fourth-order valence-electron chi connectivity index (χ4n) is 8.56. The molecule has 1 aliphatic heterocycles. The molecule has 2 fully saturated rings. The summed E-state index contributed by atoms with van der Waals surface area (Å²) in [5, 5.41) is 27.7. The van der Waals surface area contributed by atoms with Crippen LogP contribution < -0.4 is 43.0 Å². The fraction of sp³-hybridized carbons (Fsp3) is 0.574. The van der Waals surface area contributed by atoms with Gasteiger partial charge in [0, 0.05) is 33.0 Å². The van der Waals surface area contributed by atoms with E-state index in [0.29, 0.717) is 51.0 Å². The average molecular weight is 887 g/mol. The summed E-state index contributed by atoms with van der Waals surface area (Å²) in [6.07, 6.45) is 10.0. The van der Waals surface area contributed by atoms with Gasteiger partial charge in [0.1, 0.15) is 30.5 Å². The number of hydrogen-bond donors (Lipinski definition) is 9. The van der Waals surface area contributed by atoms with Crippen LogP contribution in [0, 0.1) is 11.3 Å². The summed E-state index contributed by atoms with van der Waals surface area (Å²) in [5.41, 5.74) is 7.29. The van der Waals surface area contributed by atoms with Crippen molar-refractivity contribution in [2.24, 2.45) is 11.7 Å². The van der Waals surface area contributed by atoms with Crippen molar-refractivity contribution in [2.45, 2.75) is 139 Å². The van der Waals surface area contributed by atoms with E-state index in [2.05, 4.69) is 37.2 Å². The van der Waals surface area contributed by atoms with Gasteiger partial charge in [-0.1, -0.05) is 92.8 Å². The second kappa shape index (κ2) is 27.4. The van der Waals surface area contributed by atoms with Gasteiger partial charge in [-0.15, -0.1) is 0 Å². The normalized spacial score (nSPS) is 17.4. The van der Waals surface area contributed by atoms with Gasteiger partial charge in [0.05, 0.1) is 12.1 Å². The molecule has 350 valence electrons. The van der Waals surface area contributed by atoms with Gasteiger partial charge in [-0.05, 0) is 81.9 Å². The molecule has 2 aliphatic rings. The molecule has 0 bridgehead atoms. The zero-order valence-electron chi connectivity index (χ0n) is 37.5. The van der Waals surface area contributed by atoms with Crippen LogP contribution in [0.4, 0.5) is 0 Å². The molecule has 2 aromatic rings. The molecule has 0 radical (unpaired) electrons. The predicted octanol–water partition coefficient (Wildman–Crippen LogP) is 1.73. The monoisotopic (exact) mass is 887 g/mol. The van der Waals surface area contributed by atoms with Gasteiger partial charge in [0.25, 0.3) is 0 Å². The first kappa shape index (κ1) is 50.8. The summed E-state index contributed by atoms with van der Waals surface area (Å²) in [4.78, 5) is 94.9. The Bertz CT molecular complexity index is 1830. The number of rotatable bonds is 26. The van der Waals surface area contributed by atoms with Crippen LogP contribution in [0.2, 0.25) is 0 Å². The van der Waals surface area contributed by atoms with E-state index in [9.17, 15) is 33.6 Å². The Hall–Kier alpha value is -5.84. The summed E-state index contributed by atoms with van der Waals surface area (Å²) in [6, 6.07) is 13.7. The number of amides is 6. The summed E-state index contributed by atoms with van der Waals surface area (Å²) >= 11 is 0. The van der Waals surface area contributed by atoms with Crippen molar-refractivity contribution >= 4 is 47.7 Å². The zero-order chi connectivity index (χ0) is 46.3. The van der Waals surface area contributed by atoms with E-state index in [1.807, 2.05) is 60.7 Å². The maximum Gasteiger partial charge on any atom is 0.245 e. The van der Waals surface area contributed by atoms with Crippen LogP contribution in [0.5, 0.6) is 0 Å². The number of benzene rings is 2. The second-order valence-electron chi connectivity index (χ2n) is 17.0. The maximum atomic E-state index is 14.1. The number of aryl methyl sites for hydroxylation is 1. The third-order valence-corrected chi connectivity index (χ3v) is 12.1. The van der Waals surface area contributed by atoms with Crippen molar-refractivity contribution < 1.29 is 33.6 Å². The molecule has 2 aromatic carbocycles. The first-order valence-corrected chi connectivity index (χ1v) is 22.9. The number of nitrogens with two attached hydrogens (primary N) is 1. The van der Waals surface area contributed by atoms with E-state index in [-0.39, 0.29) is 50.6 Å². The van der Waals surface area contributed by atoms with Gasteiger partial charge >= 0.3 is 0 Å². The van der Waals surface area contributed by atoms with Crippen LogP contribution in [0.25, 0.3) is 0 Å². The molecular formula is C47H70N10O7. The first-order chi connectivity index (χ1) is 30.9. The van der Waals surface area contributed by atoms with Crippen molar-refractivity contribution in [1.82, 2.24) is 42.1 Å². The Kier molecular flexibility index (Phi) is 21.7. The van der Waals surface area contributed by atoms with Gasteiger partial charge < -0.3 is 52.6 Å². The highest BCUT2D eigenvalue weighted by Gasteiger charge is 2.35. The number of aldehydes is 1. The first-order valence-electron chi connectivity index (χ1n) is 22.9. The summed E-state index contributed by atoms with van der Waals surface area (Å²) in [5.74, 6) is -2.49. The van der Waals surface area contributed by atoms with Crippen molar-refractivity contribution in [3.05, 3.63) is 71.8 Å². The molecule has 0 aromatic heterocycles. The molecule has 64 heavy (non-hydrogen) atoms. The molecule has 0 spiro atoms. The number of carbonyl (C=O) groups excluding carboxylic acids is 7. The molecular weight excluding hydrogens is 817 g/mol. The highest BCUT2D eigenvalue weighted by Crippen LogP contribution is 2.27. The smallest absolute Gasteiger partial charge is 0.245 e. The molecule has 1 saturated heterocycles. The summed E-state index contributed by atoms with van der Waals surface area (Å²) < 4.78 is 0. The maximum absolute atomic E-state index is 14.1. The second-order valence-corrected chi connectivity index (χ2v) is 17.0. The number of hydrogen-bond acceptors (Lipinski definition) is 9. The molecule has 1 heterocycles. The van der Waals surface area contributed by atoms with Crippen molar-refractivity contribution in [2.75, 3.05) is 26.7 Å². The number of likely N-dealkylation sites (tertiary alicyclic amines) is 1. The Morgan fingerprint density at radius 2 is 1.25 bits per heavy atom. The number of nitrogens with one attached hydrogen (secondary N) is 8. The Labute approximate surface area is 377 Å². The molecule has 1 aliphatic carbocycles. The van der Waals surface area contributed by atoms with Crippen molar-refractivity contribution in [3.63, 3.8) is 0 Å². The molecule has 1 saturated carbocycles. The summed E-state index contributed by atoms with van der Waals surface area (Å²) in [6.45, 7) is 2.02. The number of carbonyl (C=O) groups is 7. The number of nitrogens with zero attached hydrogens (tertiary/aromatic N) is 1. The molecule has 3 unspecified atom stereocenters. The average Bonchev–Trinajstić information content (AvgIpc) is 3.78. The topological polar surface area (TPSA) is 257 Å². The number of guanidine groups is 1. The fourth-order valence-corrected chi connectivity index (χ4v) is 8.56. The minimum absolute atomic E-state index is 0.0754. The van der Waals surface area contributed by atoms with Crippen molar-refractivity contribution in [3.8, 4) is 0 Å². The lowest BCUT2D eigenvalue weighted by Gasteiger charge is -2.29. The molecule has 6 amide bonds. The third kappa shape index (κ3) is 17.4. The van der Waals surface area contributed by atoms with E-state index in [0.717, 1.165) is 43.1 Å². The molecule has 17 nitrogen and oxygen atoms in total. The molecule has 4 rings (SSSR count). The van der Waals surface area contributed by atoms with Gasteiger partial charge in [0.15, 0.2) is 5.96 Å². The number of likely N-dealkylation sites (N-methyl/N-ethyl adjacent to an activating group) is 1. The van der Waals surface area contributed by atoms with E-state index < -0.39 is 65.8 Å². The molecule has 6 atom stereocenters. The highest BCUT2D eigenvalue weighted by molar-refractivity contribution is 5.94. The van der Waals surface area contributed by atoms with E-state index in [4.69, 9.17) is 11.1 Å². The van der Waals surface area contributed by atoms with Crippen LogP contribution in [0.1, 0.15) is 102 Å². The van der Waals surface area contributed by atoms with Gasteiger partial charge in [-0.2, -0.15) is 0 Å². The van der Waals surface area contributed by atoms with Crippen LogP contribution in [0.15, 0.2) is 60.7 Å². The minimum Gasteiger partial charge on any atom is -0.370 e. The zero-order valence-corrected chi connectivity index (χ0v) is 37.5. The lowest BCUT2D eigenvalue weighted by Crippen LogP contribution is -2.56.